The van der Waals surface area contributed by atoms with Gasteiger partial charge in [-0.05, 0) is 41.6 Å². The molecule has 0 N–H and O–H groups in total. The zero-order valence-electron chi connectivity index (χ0n) is 17.0. The van der Waals surface area contributed by atoms with Crippen LogP contribution in [0, 0.1) is 0 Å². The Morgan fingerprint density at radius 2 is 1.13 bits per heavy atom. The largest absolute Gasteiger partial charge is 0.353 e. The molecular formula is C27H23BNP. The van der Waals surface area contributed by atoms with Gasteiger partial charge in [0.25, 0.3) is 0 Å². The summed E-state index contributed by atoms with van der Waals surface area (Å²) in [5.74, 6) is 2.34. The first-order chi connectivity index (χ1) is 14.8. The van der Waals surface area contributed by atoms with Gasteiger partial charge in [0.15, 0.2) is 0 Å². The first kappa shape index (κ1) is 18.9. The summed E-state index contributed by atoms with van der Waals surface area (Å²) >= 11 is 0. The summed E-state index contributed by atoms with van der Waals surface area (Å²) in [6, 6.07) is 39.7. The second kappa shape index (κ2) is 8.34. The minimum absolute atomic E-state index is 0.256. The number of nitrogens with zero attached hydrogens (tertiary/aromatic N) is 1. The zero-order chi connectivity index (χ0) is 20.3. The molecule has 0 bridgehead atoms. The van der Waals surface area contributed by atoms with Crippen molar-refractivity contribution in [1.29, 1.82) is 0 Å². The van der Waals surface area contributed by atoms with Gasteiger partial charge >= 0.3 is 0 Å². The SMILES string of the molecule is CN1C=CB(c2ccccc2P(c2ccccc2)c2ccccc2)c2ccccc21. The first-order valence-electron chi connectivity index (χ1n) is 10.3. The van der Waals surface area contributed by atoms with Crippen LogP contribution >= 0.6 is 7.92 Å². The topological polar surface area (TPSA) is 3.24 Å². The van der Waals surface area contributed by atoms with E-state index >= 15 is 0 Å². The number of rotatable bonds is 4. The predicted molar refractivity (Wildman–Crippen MR) is 134 cm³/mol. The van der Waals surface area contributed by atoms with Crippen molar-refractivity contribution < 1.29 is 0 Å². The van der Waals surface area contributed by atoms with Gasteiger partial charge < -0.3 is 4.90 Å². The van der Waals surface area contributed by atoms with Crippen LogP contribution in [0.5, 0.6) is 0 Å². The minimum atomic E-state index is -0.639. The van der Waals surface area contributed by atoms with E-state index in [-0.39, 0.29) is 6.71 Å². The normalized spacial score (nSPS) is 12.9. The Hall–Kier alpha value is -3.09. The molecule has 0 saturated heterocycles. The van der Waals surface area contributed by atoms with Crippen LogP contribution < -0.4 is 31.7 Å². The van der Waals surface area contributed by atoms with Gasteiger partial charge in [-0.2, -0.15) is 0 Å². The molecule has 1 nitrogen and oxygen atoms in total. The molecule has 0 aromatic heterocycles. The molecule has 0 unspecified atom stereocenters. The molecule has 5 rings (SSSR count). The van der Waals surface area contributed by atoms with Crippen LogP contribution in [0.1, 0.15) is 0 Å². The maximum absolute atomic E-state index is 2.34. The molecule has 0 aliphatic carbocycles. The molecule has 1 aliphatic heterocycles. The smallest absolute Gasteiger partial charge is 0.238 e. The standard InChI is InChI=1S/C27H23BNP/c1-29-21-20-28(24-16-8-10-18-26(24)29)25-17-9-11-19-27(25)30(22-12-4-2-5-13-22)23-14-6-3-7-15-23/h2-21H,1H3. The van der Waals surface area contributed by atoms with Crippen LogP contribution in [0.15, 0.2) is 121 Å². The van der Waals surface area contributed by atoms with Gasteiger partial charge in [-0.1, -0.05) is 115 Å². The van der Waals surface area contributed by atoms with E-state index in [0.717, 1.165) is 0 Å². The maximum atomic E-state index is 2.34. The van der Waals surface area contributed by atoms with E-state index in [2.05, 4.69) is 133 Å². The van der Waals surface area contributed by atoms with Crippen molar-refractivity contribution in [2.45, 2.75) is 0 Å². The molecule has 1 heterocycles. The summed E-state index contributed by atoms with van der Waals surface area (Å²) in [4.78, 5) is 2.21. The third-order valence-electron chi connectivity index (χ3n) is 5.70. The van der Waals surface area contributed by atoms with Gasteiger partial charge in [-0.25, -0.2) is 0 Å². The van der Waals surface area contributed by atoms with Gasteiger partial charge in [-0.15, -0.1) is 0 Å². The molecule has 0 saturated carbocycles. The van der Waals surface area contributed by atoms with Crippen molar-refractivity contribution >= 4 is 47.2 Å². The summed E-state index contributed by atoms with van der Waals surface area (Å²) in [5.41, 5.74) is 4.04. The minimum Gasteiger partial charge on any atom is -0.353 e. The van der Waals surface area contributed by atoms with E-state index < -0.39 is 7.92 Å². The Morgan fingerprint density at radius 1 is 0.600 bits per heavy atom. The Kier molecular flexibility index (Phi) is 5.26. The first-order valence-corrected chi connectivity index (χ1v) is 11.7. The highest BCUT2D eigenvalue weighted by molar-refractivity contribution is 7.80. The third kappa shape index (κ3) is 3.49. The van der Waals surface area contributed by atoms with E-state index in [1.54, 1.807) is 0 Å². The highest BCUT2D eigenvalue weighted by Crippen LogP contribution is 2.32. The van der Waals surface area contributed by atoms with Crippen LogP contribution in [0.4, 0.5) is 5.69 Å². The molecule has 0 fully saturated rings. The second-order valence-electron chi connectivity index (χ2n) is 7.55. The van der Waals surface area contributed by atoms with Crippen LogP contribution in [-0.4, -0.2) is 13.8 Å². The lowest BCUT2D eigenvalue weighted by Gasteiger charge is -2.29. The molecule has 0 atom stereocenters. The predicted octanol–water partition coefficient (Wildman–Crippen LogP) is 3.56. The molecule has 0 radical (unpaired) electrons. The molecule has 4 aromatic rings. The molecule has 144 valence electrons. The third-order valence-corrected chi connectivity index (χ3v) is 8.21. The number of hydrogen-bond acceptors (Lipinski definition) is 1. The van der Waals surface area contributed by atoms with Crippen molar-refractivity contribution in [3.8, 4) is 0 Å². The van der Waals surface area contributed by atoms with Gasteiger partial charge in [0, 0.05) is 12.7 Å². The number of benzene rings is 4. The lowest BCUT2D eigenvalue weighted by atomic mass is 9.39. The molecule has 0 amide bonds. The van der Waals surface area contributed by atoms with E-state index in [0.29, 0.717) is 0 Å². The van der Waals surface area contributed by atoms with Gasteiger partial charge in [0.1, 0.15) is 0 Å². The summed E-state index contributed by atoms with van der Waals surface area (Å²) in [5, 5.41) is 4.20. The Bertz CT molecular complexity index is 1130. The summed E-state index contributed by atoms with van der Waals surface area (Å²) in [7, 11) is 1.48. The second-order valence-corrected chi connectivity index (χ2v) is 9.74. The monoisotopic (exact) mass is 403 g/mol. The highest BCUT2D eigenvalue weighted by atomic mass is 31.1. The van der Waals surface area contributed by atoms with Crippen LogP contribution in [0.2, 0.25) is 0 Å². The van der Waals surface area contributed by atoms with E-state index in [1.807, 2.05) is 0 Å². The van der Waals surface area contributed by atoms with Crippen molar-refractivity contribution in [1.82, 2.24) is 0 Å². The van der Waals surface area contributed by atoms with Crippen molar-refractivity contribution in [3.05, 3.63) is 121 Å². The van der Waals surface area contributed by atoms with E-state index in [1.165, 1.54) is 32.5 Å². The van der Waals surface area contributed by atoms with E-state index in [4.69, 9.17) is 0 Å². The van der Waals surface area contributed by atoms with Gasteiger partial charge in [-0.3, -0.25) is 0 Å². The average Bonchev–Trinajstić information content (AvgIpc) is 2.82. The van der Waals surface area contributed by atoms with Gasteiger partial charge in [0.05, 0.1) is 0 Å². The quantitative estimate of drug-likeness (QED) is 0.372. The van der Waals surface area contributed by atoms with Crippen molar-refractivity contribution in [2.24, 2.45) is 0 Å². The van der Waals surface area contributed by atoms with Crippen LogP contribution in [0.25, 0.3) is 0 Å². The van der Waals surface area contributed by atoms with Crippen molar-refractivity contribution in [2.75, 3.05) is 11.9 Å². The van der Waals surface area contributed by atoms with Crippen molar-refractivity contribution in [3.63, 3.8) is 0 Å². The molecule has 1 aliphatic rings. The number of anilines is 1. The van der Waals surface area contributed by atoms with Crippen LogP contribution in [0.3, 0.4) is 0 Å². The lowest BCUT2D eigenvalue weighted by molar-refractivity contribution is 1.21. The van der Waals surface area contributed by atoms with E-state index in [9.17, 15) is 0 Å². The molecule has 30 heavy (non-hydrogen) atoms. The molecule has 0 spiro atoms. The number of fused-ring (bicyclic) bond motifs is 1. The Morgan fingerprint density at radius 3 is 1.80 bits per heavy atom. The fraction of sp³-hybridized carbons (Fsp3) is 0.0370. The molecule has 3 heteroatoms. The lowest BCUT2D eigenvalue weighted by Crippen LogP contribution is -2.51. The summed E-state index contributed by atoms with van der Waals surface area (Å²) in [6.45, 7) is 0.256. The number of para-hydroxylation sites is 1. The van der Waals surface area contributed by atoms with Crippen LogP contribution in [-0.2, 0) is 0 Å². The maximum Gasteiger partial charge on any atom is 0.238 e. The average molecular weight is 403 g/mol. The molecule has 4 aromatic carbocycles. The summed E-state index contributed by atoms with van der Waals surface area (Å²) < 4.78 is 0. The fourth-order valence-corrected chi connectivity index (χ4v) is 6.78. The number of hydrogen-bond donors (Lipinski definition) is 0. The highest BCUT2D eigenvalue weighted by Gasteiger charge is 2.28. The molecular weight excluding hydrogens is 380 g/mol. The Balaban J connectivity index is 1.70. The Labute approximate surface area is 180 Å². The zero-order valence-corrected chi connectivity index (χ0v) is 17.9. The van der Waals surface area contributed by atoms with Gasteiger partial charge in [0.2, 0.25) is 6.71 Å². The fourth-order valence-electron chi connectivity index (χ4n) is 4.28. The summed E-state index contributed by atoms with van der Waals surface area (Å²) in [6.07, 6.45) is 2.21.